The van der Waals surface area contributed by atoms with Gasteiger partial charge < -0.3 is 10.3 Å². The van der Waals surface area contributed by atoms with E-state index in [4.69, 9.17) is 0 Å². The molecule has 0 atom stereocenters. The molecular weight excluding hydrogens is 232 g/mol. The molecule has 0 aliphatic heterocycles. The van der Waals surface area contributed by atoms with E-state index < -0.39 is 0 Å². The van der Waals surface area contributed by atoms with E-state index in [1.807, 2.05) is 14.0 Å². The molecule has 0 aromatic carbocycles. The van der Waals surface area contributed by atoms with Crippen LogP contribution in [0, 0.1) is 0 Å². The standard InChI is InChI=1S/C11H16N6O/c1-3-8-14-10(6-11(18)15-8)12-5-4-9-13-7-17(2)16-9/h6-7H,3-5H2,1-2H3,(H2,12,14,15,18). The topological polar surface area (TPSA) is 88.5 Å². The summed E-state index contributed by atoms with van der Waals surface area (Å²) in [5.41, 5.74) is -0.139. The zero-order valence-electron chi connectivity index (χ0n) is 10.5. The zero-order valence-corrected chi connectivity index (χ0v) is 10.5. The van der Waals surface area contributed by atoms with Crippen molar-refractivity contribution in [2.45, 2.75) is 19.8 Å². The number of aromatic nitrogens is 5. The Morgan fingerprint density at radius 1 is 1.50 bits per heavy atom. The van der Waals surface area contributed by atoms with Crippen molar-refractivity contribution in [1.82, 2.24) is 24.7 Å². The van der Waals surface area contributed by atoms with Gasteiger partial charge in [0.25, 0.3) is 5.56 Å². The van der Waals surface area contributed by atoms with Crippen LogP contribution in [-0.4, -0.2) is 31.3 Å². The lowest BCUT2D eigenvalue weighted by Gasteiger charge is -2.04. The van der Waals surface area contributed by atoms with Gasteiger partial charge in [0.05, 0.1) is 0 Å². The van der Waals surface area contributed by atoms with Crippen LogP contribution in [0.5, 0.6) is 0 Å². The van der Waals surface area contributed by atoms with E-state index >= 15 is 0 Å². The molecule has 18 heavy (non-hydrogen) atoms. The van der Waals surface area contributed by atoms with E-state index in [1.165, 1.54) is 6.07 Å². The van der Waals surface area contributed by atoms with Crippen molar-refractivity contribution in [1.29, 1.82) is 0 Å². The van der Waals surface area contributed by atoms with Crippen LogP contribution in [0.3, 0.4) is 0 Å². The molecule has 0 amide bonds. The Balaban J connectivity index is 1.94. The number of H-pyrrole nitrogens is 1. The lowest BCUT2D eigenvalue weighted by molar-refractivity contribution is 0.741. The molecule has 0 aliphatic rings. The van der Waals surface area contributed by atoms with Gasteiger partial charge in [-0.25, -0.2) is 9.97 Å². The van der Waals surface area contributed by atoms with Crippen LogP contribution in [0.25, 0.3) is 0 Å². The van der Waals surface area contributed by atoms with Crippen molar-refractivity contribution in [2.24, 2.45) is 7.05 Å². The summed E-state index contributed by atoms with van der Waals surface area (Å²) in [7, 11) is 1.83. The van der Waals surface area contributed by atoms with Crippen molar-refractivity contribution in [3.63, 3.8) is 0 Å². The van der Waals surface area contributed by atoms with Gasteiger partial charge in [-0.1, -0.05) is 6.92 Å². The summed E-state index contributed by atoms with van der Waals surface area (Å²) >= 11 is 0. The number of anilines is 1. The Morgan fingerprint density at radius 3 is 3.00 bits per heavy atom. The van der Waals surface area contributed by atoms with Crippen LogP contribution in [0.4, 0.5) is 5.82 Å². The molecule has 96 valence electrons. The molecule has 0 bridgehead atoms. The number of nitrogens with zero attached hydrogens (tertiary/aromatic N) is 4. The Morgan fingerprint density at radius 2 is 2.33 bits per heavy atom. The first-order valence-electron chi connectivity index (χ1n) is 5.86. The van der Waals surface area contributed by atoms with Gasteiger partial charge in [0.2, 0.25) is 0 Å². The highest BCUT2D eigenvalue weighted by Gasteiger charge is 2.01. The third-order valence-corrected chi connectivity index (χ3v) is 2.43. The maximum Gasteiger partial charge on any atom is 0.252 e. The number of aryl methyl sites for hydroxylation is 2. The minimum absolute atomic E-state index is 0.139. The van der Waals surface area contributed by atoms with E-state index in [2.05, 4.69) is 25.4 Å². The Hall–Kier alpha value is -2.18. The summed E-state index contributed by atoms with van der Waals surface area (Å²) in [6.07, 6.45) is 3.05. The van der Waals surface area contributed by atoms with E-state index in [-0.39, 0.29) is 5.56 Å². The number of nitrogens with one attached hydrogen (secondary N) is 2. The second-order valence-corrected chi connectivity index (χ2v) is 3.94. The van der Waals surface area contributed by atoms with E-state index in [9.17, 15) is 4.79 Å². The van der Waals surface area contributed by atoms with Crippen molar-refractivity contribution >= 4 is 5.82 Å². The highest BCUT2D eigenvalue weighted by molar-refractivity contribution is 5.32. The van der Waals surface area contributed by atoms with Crippen LogP contribution >= 0.6 is 0 Å². The molecule has 7 heteroatoms. The summed E-state index contributed by atoms with van der Waals surface area (Å²) < 4.78 is 1.66. The largest absolute Gasteiger partial charge is 0.369 e. The van der Waals surface area contributed by atoms with Gasteiger partial charge in [0.1, 0.15) is 18.0 Å². The van der Waals surface area contributed by atoms with E-state index in [0.717, 1.165) is 5.82 Å². The number of hydrogen-bond acceptors (Lipinski definition) is 5. The quantitative estimate of drug-likeness (QED) is 0.784. The van der Waals surface area contributed by atoms with E-state index in [1.54, 1.807) is 11.0 Å². The average molecular weight is 248 g/mol. The maximum absolute atomic E-state index is 11.3. The van der Waals surface area contributed by atoms with E-state index in [0.29, 0.717) is 31.0 Å². The van der Waals surface area contributed by atoms with Crippen molar-refractivity contribution in [3.05, 3.63) is 34.4 Å². The molecule has 0 saturated carbocycles. The molecular formula is C11H16N6O. The molecule has 0 spiro atoms. The van der Waals surface area contributed by atoms with Gasteiger partial charge in [0.15, 0.2) is 5.82 Å². The van der Waals surface area contributed by atoms with Crippen LogP contribution in [0.1, 0.15) is 18.6 Å². The fraction of sp³-hybridized carbons (Fsp3) is 0.455. The summed E-state index contributed by atoms with van der Waals surface area (Å²) in [5.74, 6) is 2.04. The molecule has 0 saturated heterocycles. The SMILES string of the molecule is CCc1nc(NCCc2ncn(C)n2)cc(=O)[nH]1. The normalized spacial score (nSPS) is 10.6. The lowest BCUT2D eigenvalue weighted by atomic mass is 10.4. The third-order valence-electron chi connectivity index (χ3n) is 2.43. The van der Waals surface area contributed by atoms with Crippen LogP contribution in [-0.2, 0) is 19.9 Å². The molecule has 0 unspecified atom stereocenters. The second-order valence-electron chi connectivity index (χ2n) is 3.94. The second kappa shape index (κ2) is 5.44. The van der Waals surface area contributed by atoms with Crippen LogP contribution in [0.15, 0.2) is 17.2 Å². The smallest absolute Gasteiger partial charge is 0.252 e. The molecule has 0 fully saturated rings. The average Bonchev–Trinajstić information content (AvgIpc) is 2.74. The predicted molar refractivity (Wildman–Crippen MR) is 67.4 cm³/mol. The molecule has 2 N–H and O–H groups in total. The monoisotopic (exact) mass is 248 g/mol. The summed E-state index contributed by atoms with van der Waals surface area (Å²) in [6, 6.07) is 1.45. The Labute approximate surface area is 104 Å². The summed E-state index contributed by atoms with van der Waals surface area (Å²) in [4.78, 5) is 22.4. The Kier molecular flexibility index (Phi) is 3.71. The fourth-order valence-electron chi connectivity index (χ4n) is 1.57. The summed E-state index contributed by atoms with van der Waals surface area (Å²) in [5, 5.41) is 7.27. The molecule has 2 aromatic heterocycles. The lowest BCUT2D eigenvalue weighted by Crippen LogP contribution is -2.15. The fourth-order valence-corrected chi connectivity index (χ4v) is 1.57. The number of hydrogen-bond donors (Lipinski definition) is 2. The van der Waals surface area contributed by atoms with Gasteiger partial charge in [-0.3, -0.25) is 9.48 Å². The molecule has 2 aromatic rings. The molecule has 2 heterocycles. The minimum Gasteiger partial charge on any atom is -0.369 e. The first-order chi connectivity index (χ1) is 8.67. The molecule has 2 rings (SSSR count). The van der Waals surface area contributed by atoms with Gasteiger partial charge in [-0.15, -0.1) is 0 Å². The van der Waals surface area contributed by atoms with Gasteiger partial charge in [0, 0.05) is 32.5 Å². The Bertz CT molecular complexity index is 573. The highest BCUT2D eigenvalue weighted by atomic mass is 16.1. The first-order valence-corrected chi connectivity index (χ1v) is 5.86. The molecule has 7 nitrogen and oxygen atoms in total. The van der Waals surface area contributed by atoms with Gasteiger partial charge >= 0.3 is 0 Å². The molecule has 0 radical (unpaired) electrons. The third kappa shape index (κ3) is 3.16. The summed E-state index contributed by atoms with van der Waals surface area (Å²) in [6.45, 7) is 2.59. The zero-order chi connectivity index (χ0) is 13.0. The van der Waals surface area contributed by atoms with Crippen molar-refractivity contribution in [3.8, 4) is 0 Å². The first kappa shape index (κ1) is 12.3. The van der Waals surface area contributed by atoms with Gasteiger partial charge in [-0.05, 0) is 0 Å². The van der Waals surface area contributed by atoms with Crippen molar-refractivity contribution in [2.75, 3.05) is 11.9 Å². The molecule has 0 aliphatic carbocycles. The number of rotatable bonds is 5. The van der Waals surface area contributed by atoms with Gasteiger partial charge in [-0.2, -0.15) is 5.10 Å². The predicted octanol–water partition coefficient (Wildman–Crippen LogP) is 0.115. The van der Waals surface area contributed by atoms with Crippen LogP contribution < -0.4 is 10.9 Å². The van der Waals surface area contributed by atoms with Crippen molar-refractivity contribution < 1.29 is 0 Å². The van der Waals surface area contributed by atoms with Crippen LogP contribution in [0.2, 0.25) is 0 Å². The number of aromatic amines is 1. The maximum atomic E-state index is 11.3. The minimum atomic E-state index is -0.139. The highest BCUT2D eigenvalue weighted by Crippen LogP contribution is 2.00.